The van der Waals surface area contributed by atoms with E-state index >= 15 is 0 Å². The summed E-state index contributed by atoms with van der Waals surface area (Å²) in [6.07, 6.45) is 0.921. The van der Waals surface area contributed by atoms with Gasteiger partial charge in [-0.3, -0.25) is 0 Å². The lowest BCUT2D eigenvalue weighted by Crippen LogP contribution is -2.36. The number of halogens is 1. The third-order valence-electron chi connectivity index (χ3n) is 2.83. The third kappa shape index (κ3) is 2.75. The largest absolute Gasteiger partial charge is 0.378 e. The number of anilines is 1. The van der Waals surface area contributed by atoms with Gasteiger partial charge in [0.05, 0.1) is 13.2 Å². The average Bonchev–Trinajstić information content (AvgIpc) is 2.33. The summed E-state index contributed by atoms with van der Waals surface area (Å²) in [5, 5.41) is 0. The van der Waals surface area contributed by atoms with Crippen LogP contribution in [0, 0.1) is 0 Å². The van der Waals surface area contributed by atoms with E-state index in [9.17, 15) is 0 Å². The first-order chi connectivity index (χ1) is 7.81. The molecule has 1 aliphatic rings. The molecule has 0 saturated carbocycles. The fraction of sp³-hybridized carbons (Fsp3) is 0.500. The van der Waals surface area contributed by atoms with Gasteiger partial charge in [-0.05, 0) is 30.7 Å². The molecule has 1 heterocycles. The van der Waals surface area contributed by atoms with Gasteiger partial charge in [-0.15, -0.1) is 0 Å². The molecular weight excluding hydrogens is 268 g/mol. The average molecular weight is 285 g/mol. The van der Waals surface area contributed by atoms with Crippen molar-refractivity contribution >= 4 is 21.6 Å². The molecule has 2 rings (SSSR count). The normalized spacial score (nSPS) is 16.5. The van der Waals surface area contributed by atoms with Crippen LogP contribution in [0.1, 0.15) is 5.56 Å². The number of hydrogen-bond donors (Lipinski definition) is 1. The maximum atomic E-state index is 5.56. The van der Waals surface area contributed by atoms with E-state index in [4.69, 9.17) is 10.5 Å². The van der Waals surface area contributed by atoms with Gasteiger partial charge in [-0.1, -0.05) is 22.0 Å². The summed E-state index contributed by atoms with van der Waals surface area (Å²) in [5.41, 5.74) is 8.10. The van der Waals surface area contributed by atoms with Crippen LogP contribution in [-0.2, 0) is 11.2 Å². The van der Waals surface area contributed by atoms with Gasteiger partial charge in [0.1, 0.15) is 0 Å². The van der Waals surface area contributed by atoms with Gasteiger partial charge < -0.3 is 15.4 Å². The first-order valence-corrected chi connectivity index (χ1v) is 6.42. The highest BCUT2D eigenvalue weighted by molar-refractivity contribution is 9.10. The minimum Gasteiger partial charge on any atom is -0.378 e. The molecule has 1 aliphatic heterocycles. The minimum absolute atomic E-state index is 0.690. The number of morpholine rings is 1. The number of nitrogens with zero attached hydrogens (tertiary/aromatic N) is 1. The van der Waals surface area contributed by atoms with E-state index in [-0.39, 0.29) is 0 Å². The lowest BCUT2D eigenvalue weighted by atomic mass is 10.1. The molecule has 0 spiro atoms. The Morgan fingerprint density at radius 2 is 2.06 bits per heavy atom. The predicted octanol–water partition coefficient (Wildman–Crippen LogP) is 1.79. The Kier molecular flexibility index (Phi) is 4.21. The van der Waals surface area contributed by atoms with Crippen LogP contribution in [0.4, 0.5) is 5.69 Å². The zero-order valence-electron chi connectivity index (χ0n) is 9.29. The summed E-state index contributed by atoms with van der Waals surface area (Å²) in [7, 11) is 0. The van der Waals surface area contributed by atoms with Crippen LogP contribution < -0.4 is 10.6 Å². The molecule has 0 unspecified atom stereocenters. The highest BCUT2D eigenvalue weighted by Crippen LogP contribution is 2.25. The van der Waals surface area contributed by atoms with Crippen LogP contribution in [0.3, 0.4) is 0 Å². The van der Waals surface area contributed by atoms with Crippen LogP contribution in [0.5, 0.6) is 0 Å². The van der Waals surface area contributed by atoms with Gasteiger partial charge in [0, 0.05) is 23.2 Å². The standard InChI is InChI=1S/C12H17BrN2O/c13-12-9-11(2-1-10(12)3-4-14)15-5-7-16-8-6-15/h1-2,9H,3-8,14H2. The van der Waals surface area contributed by atoms with Crippen molar-refractivity contribution < 1.29 is 4.74 Å². The monoisotopic (exact) mass is 284 g/mol. The van der Waals surface area contributed by atoms with Crippen LogP contribution in [0.2, 0.25) is 0 Å². The molecule has 1 saturated heterocycles. The van der Waals surface area contributed by atoms with Crippen molar-refractivity contribution in [3.8, 4) is 0 Å². The predicted molar refractivity (Wildman–Crippen MR) is 69.9 cm³/mol. The van der Waals surface area contributed by atoms with Crippen molar-refractivity contribution in [2.45, 2.75) is 6.42 Å². The lowest BCUT2D eigenvalue weighted by molar-refractivity contribution is 0.122. The van der Waals surface area contributed by atoms with E-state index in [0.29, 0.717) is 6.54 Å². The molecule has 2 N–H and O–H groups in total. The van der Waals surface area contributed by atoms with E-state index < -0.39 is 0 Å². The second-order valence-electron chi connectivity index (χ2n) is 3.91. The van der Waals surface area contributed by atoms with Crippen molar-refractivity contribution in [2.75, 3.05) is 37.7 Å². The van der Waals surface area contributed by atoms with Gasteiger partial charge in [0.25, 0.3) is 0 Å². The second-order valence-corrected chi connectivity index (χ2v) is 4.77. The Hall–Kier alpha value is -0.580. The van der Waals surface area contributed by atoms with Gasteiger partial charge in [0.15, 0.2) is 0 Å². The van der Waals surface area contributed by atoms with Crippen molar-refractivity contribution in [1.29, 1.82) is 0 Å². The number of rotatable bonds is 3. The highest BCUT2D eigenvalue weighted by atomic mass is 79.9. The number of benzene rings is 1. The second kappa shape index (κ2) is 5.66. The third-order valence-corrected chi connectivity index (χ3v) is 3.56. The van der Waals surface area contributed by atoms with E-state index in [2.05, 4.69) is 39.0 Å². The summed E-state index contributed by atoms with van der Waals surface area (Å²) < 4.78 is 6.50. The molecule has 0 amide bonds. The number of nitrogens with two attached hydrogens (primary N) is 1. The number of ether oxygens (including phenoxy) is 1. The molecule has 4 heteroatoms. The van der Waals surface area contributed by atoms with Crippen LogP contribution in [-0.4, -0.2) is 32.8 Å². The maximum absolute atomic E-state index is 5.56. The highest BCUT2D eigenvalue weighted by Gasteiger charge is 2.12. The quantitative estimate of drug-likeness (QED) is 0.920. The van der Waals surface area contributed by atoms with Crippen molar-refractivity contribution in [3.63, 3.8) is 0 Å². The molecule has 1 fully saturated rings. The topological polar surface area (TPSA) is 38.5 Å². The molecule has 0 aliphatic carbocycles. The molecular formula is C12H17BrN2O. The summed E-state index contributed by atoms with van der Waals surface area (Å²) in [4.78, 5) is 2.35. The van der Waals surface area contributed by atoms with Crippen molar-refractivity contribution in [3.05, 3.63) is 28.2 Å². The molecule has 0 radical (unpaired) electrons. The molecule has 88 valence electrons. The Morgan fingerprint density at radius 1 is 1.31 bits per heavy atom. The molecule has 3 nitrogen and oxygen atoms in total. The Morgan fingerprint density at radius 3 is 2.69 bits per heavy atom. The van der Waals surface area contributed by atoms with Crippen molar-refractivity contribution in [1.82, 2.24) is 0 Å². The van der Waals surface area contributed by atoms with E-state index in [1.54, 1.807) is 0 Å². The van der Waals surface area contributed by atoms with Gasteiger partial charge in [-0.2, -0.15) is 0 Å². The van der Waals surface area contributed by atoms with Gasteiger partial charge >= 0.3 is 0 Å². The smallest absolute Gasteiger partial charge is 0.0642 e. The minimum atomic E-state index is 0.690. The number of hydrogen-bond acceptors (Lipinski definition) is 3. The van der Waals surface area contributed by atoms with Crippen LogP contribution in [0.15, 0.2) is 22.7 Å². The summed E-state index contributed by atoms with van der Waals surface area (Å²) in [6.45, 7) is 4.28. The molecule has 1 aromatic carbocycles. The van der Waals surface area contributed by atoms with E-state index in [0.717, 1.165) is 37.2 Å². The maximum Gasteiger partial charge on any atom is 0.0642 e. The van der Waals surface area contributed by atoms with Crippen LogP contribution in [0.25, 0.3) is 0 Å². The zero-order valence-corrected chi connectivity index (χ0v) is 10.9. The summed E-state index contributed by atoms with van der Waals surface area (Å²) in [6, 6.07) is 6.50. The molecule has 1 aromatic rings. The summed E-state index contributed by atoms with van der Waals surface area (Å²) in [5.74, 6) is 0. The van der Waals surface area contributed by atoms with Gasteiger partial charge in [0.2, 0.25) is 0 Å². The molecule has 0 bridgehead atoms. The SMILES string of the molecule is NCCc1ccc(N2CCOCC2)cc1Br. The van der Waals surface area contributed by atoms with Crippen molar-refractivity contribution in [2.24, 2.45) is 5.73 Å². The van der Waals surface area contributed by atoms with Gasteiger partial charge in [-0.25, -0.2) is 0 Å². The first kappa shape index (κ1) is 11.9. The molecule has 0 atom stereocenters. The Labute approximate surface area is 105 Å². The first-order valence-electron chi connectivity index (χ1n) is 5.62. The summed E-state index contributed by atoms with van der Waals surface area (Å²) >= 11 is 3.60. The van der Waals surface area contributed by atoms with Crippen LogP contribution >= 0.6 is 15.9 Å². The lowest BCUT2D eigenvalue weighted by Gasteiger charge is -2.29. The molecule has 0 aromatic heterocycles. The van der Waals surface area contributed by atoms with E-state index in [1.165, 1.54) is 11.3 Å². The van der Waals surface area contributed by atoms with E-state index in [1.807, 2.05) is 0 Å². The molecule has 16 heavy (non-hydrogen) atoms. The zero-order chi connectivity index (χ0) is 11.4. The Bertz CT molecular complexity index is 351. The fourth-order valence-corrected chi connectivity index (χ4v) is 2.48. The Balaban J connectivity index is 2.13. The fourth-order valence-electron chi connectivity index (χ4n) is 1.91.